The Hall–Kier alpha value is -1.82. The zero-order valence-electron chi connectivity index (χ0n) is 13.7. The smallest absolute Gasteiger partial charge is 0.307 e. The molecule has 4 nitrogen and oxygen atoms in total. The fourth-order valence-corrected chi connectivity index (χ4v) is 3.79. The number of hydrogen-bond acceptors (Lipinski definition) is 2. The molecule has 0 fully saturated rings. The van der Waals surface area contributed by atoms with Crippen LogP contribution in [0.4, 0.5) is 0 Å². The molecular weight excluding hydrogens is 441 g/mol. The molecule has 1 N–H and O–H groups in total. The molecule has 134 valence electrons. The minimum atomic E-state index is -0.970. The van der Waals surface area contributed by atoms with E-state index in [0.29, 0.717) is 31.2 Å². The summed E-state index contributed by atoms with van der Waals surface area (Å²) in [5, 5.41) is 10.9. The number of carboxylic acid groups (broad SMARTS) is 1. The lowest BCUT2D eigenvalue weighted by Crippen LogP contribution is -2.26. The summed E-state index contributed by atoms with van der Waals surface area (Å²) < 4.78 is 2.22. The average Bonchev–Trinajstić information content (AvgIpc) is 2.60. The van der Waals surface area contributed by atoms with Gasteiger partial charge in [-0.25, -0.2) is 0 Å². The largest absolute Gasteiger partial charge is 0.481 e. The van der Waals surface area contributed by atoms with Gasteiger partial charge in [-0.3, -0.25) is 9.59 Å². The molecule has 0 aliphatic heterocycles. The maximum Gasteiger partial charge on any atom is 0.307 e. The predicted molar refractivity (Wildman–Crippen MR) is 108 cm³/mol. The standard InChI is InChI=1S/C19H14BrCl2NO3/c1-10-13(8-17(24)25)12-4-2-3-5-16(12)23(19(10)26)9-11-6-14(21)18(20)15(22)7-11/h2-7H,8-9H2,1H3,(H,24,25). The maximum absolute atomic E-state index is 12.9. The summed E-state index contributed by atoms with van der Waals surface area (Å²) in [5.74, 6) is -0.970. The van der Waals surface area contributed by atoms with Crippen molar-refractivity contribution in [1.82, 2.24) is 4.57 Å². The molecule has 0 bridgehead atoms. The molecule has 1 heterocycles. The lowest BCUT2D eigenvalue weighted by molar-refractivity contribution is -0.136. The van der Waals surface area contributed by atoms with Crippen LogP contribution in [0.1, 0.15) is 16.7 Å². The van der Waals surface area contributed by atoms with Gasteiger partial charge in [0.1, 0.15) is 0 Å². The lowest BCUT2D eigenvalue weighted by atomic mass is 10.0. The van der Waals surface area contributed by atoms with Crippen LogP contribution in [0.15, 0.2) is 45.7 Å². The van der Waals surface area contributed by atoms with Gasteiger partial charge in [0.25, 0.3) is 5.56 Å². The van der Waals surface area contributed by atoms with Crippen LogP contribution in [0.2, 0.25) is 10.0 Å². The summed E-state index contributed by atoms with van der Waals surface area (Å²) in [6.45, 7) is 1.94. The Morgan fingerprint density at radius 2 is 1.81 bits per heavy atom. The Labute approximate surface area is 168 Å². The van der Waals surface area contributed by atoms with Crippen LogP contribution < -0.4 is 5.56 Å². The van der Waals surface area contributed by atoms with Crippen molar-refractivity contribution in [3.8, 4) is 0 Å². The summed E-state index contributed by atoms with van der Waals surface area (Å²) >= 11 is 15.7. The molecule has 0 saturated heterocycles. The van der Waals surface area contributed by atoms with Crippen LogP contribution in [0.3, 0.4) is 0 Å². The number of aliphatic carboxylic acids is 1. The average molecular weight is 455 g/mol. The number of nitrogens with zero attached hydrogens (tertiary/aromatic N) is 1. The number of hydrogen-bond donors (Lipinski definition) is 1. The number of carboxylic acids is 1. The Balaban J connectivity index is 2.23. The summed E-state index contributed by atoms with van der Waals surface area (Å²) in [6.07, 6.45) is -0.196. The van der Waals surface area contributed by atoms with E-state index in [-0.39, 0.29) is 18.5 Å². The van der Waals surface area contributed by atoms with Crippen molar-refractivity contribution in [3.05, 3.63) is 78.0 Å². The van der Waals surface area contributed by atoms with Gasteiger partial charge in [0.2, 0.25) is 0 Å². The number of fused-ring (bicyclic) bond motifs is 1. The van der Waals surface area contributed by atoms with Gasteiger partial charge in [-0.1, -0.05) is 41.4 Å². The Morgan fingerprint density at radius 3 is 2.42 bits per heavy atom. The van der Waals surface area contributed by atoms with Gasteiger partial charge in [-0.15, -0.1) is 0 Å². The zero-order chi connectivity index (χ0) is 19.0. The van der Waals surface area contributed by atoms with Gasteiger partial charge in [-0.2, -0.15) is 0 Å². The number of benzene rings is 2. The molecule has 3 aromatic rings. The van der Waals surface area contributed by atoms with E-state index in [2.05, 4.69) is 15.9 Å². The van der Waals surface area contributed by atoms with Gasteiger partial charge in [-0.05, 0) is 52.2 Å². The number of halogens is 3. The first kappa shape index (κ1) is 19.0. The third-order valence-corrected chi connectivity index (χ3v) is 6.16. The molecule has 0 aliphatic carbocycles. The van der Waals surface area contributed by atoms with E-state index in [4.69, 9.17) is 23.2 Å². The Kier molecular flexibility index (Phi) is 5.42. The lowest BCUT2D eigenvalue weighted by Gasteiger charge is -2.16. The molecule has 1 aromatic heterocycles. The number of para-hydroxylation sites is 1. The predicted octanol–water partition coefficient (Wildman–Crippen LogP) is 5.05. The fourth-order valence-electron chi connectivity index (χ4n) is 3.02. The van der Waals surface area contributed by atoms with Crippen molar-refractivity contribution in [1.29, 1.82) is 0 Å². The monoisotopic (exact) mass is 453 g/mol. The van der Waals surface area contributed by atoms with Crippen molar-refractivity contribution in [2.24, 2.45) is 0 Å². The first-order valence-corrected chi connectivity index (χ1v) is 9.30. The summed E-state index contributed by atoms with van der Waals surface area (Å²) in [4.78, 5) is 24.1. The molecule has 0 unspecified atom stereocenters. The van der Waals surface area contributed by atoms with E-state index in [1.807, 2.05) is 24.3 Å². The molecule has 0 spiro atoms. The summed E-state index contributed by atoms with van der Waals surface area (Å²) in [5.41, 5.74) is 2.20. The highest BCUT2D eigenvalue weighted by molar-refractivity contribution is 9.10. The summed E-state index contributed by atoms with van der Waals surface area (Å²) in [7, 11) is 0. The minimum absolute atomic E-state index is 0.196. The highest BCUT2D eigenvalue weighted by Gasteiger charge is 2.16. The second-order valence-electron chi connectivity index (χ2n) is 5.96. The molecular formula is C19H14BrCl2NO3. The zero-order valence-corrected chi connectivity index (χ0v) is 16.8. The van der Waals surface area contributed by atoms with Crippen molar-refractivity contribution in [3.63, 3.8) is 0 Å². The number of carbonyl (C=O) groups is 1. The molecule has 2 aromatic carbocycles. The van der Waals surface area contributed by atoms with Gasteiger partial charge in [0.05, 0.1) is 33.0 Å². The van der Waals surface area contributed by atoms with Gasteiger partial charge in [0, 0.05) is 10.9 Å². The van der Waals surface area contributed by atoms with E-state index in [1.165, 1.54) is 0 Å². The molecule has 3 rings (SSSR count). The molecule has 0 aliphatic rings. The molecule has 26 heavy (non-hydrogen) atoms. The number of rotatable bonds is 4. The Morgan fingerprint density at radius 1 is 1.19 bits per heavy atom. The van der Waals surface area contributed by atoms with Gasteiger partial charge in [0.15, 0.2) is 0 Å². The van der Waals surface area contributed by atoms with Gasteiger partial charge >= 0.3 is 5.97 Å². The topological polar surface area (TPSA) is 59.3 Å². The van der Waals surface area contributed by atoms with E-state index in [9.17, 15) is 14.7 Å². The SMILES string of the molecule is Cc1c(CC(=O)O)c2ccccc2n(Cc2cc(Cl)c(Br)c(Cl)c2)c1=O. The van der Waals surface area contributed by atoms with Crippen LogP contribution in [0, 0.1) is 6.92 Å². The Bertz CT molecular complexity index is 1070. The van der Waals surface area contributed by atoms with Crippen LogP contribution in [-0.2, 0) is 17.8 Å². The van der Waals surface area contributed by atoms with E-state index >= 15 is 0 Å². The third kappa shape index (κ3) is 3.52. The normalized spacial score (nSPS) is 11.1. The minimum Gasteiger partial charge on any atom is -0.481 e. The van der Waals surface area contributed by atoms with Crippen LogP contribution in [-0.4, -0.2) is 15.6 Å². The fraction of sp³-hybridized carbons (Fsp3) is 0.158. The molecule has 0 saturated carbocycles. The highest BCUT2D eigenvalue weighted by Crippen LogP contribution is 2.32. The van der Waals surface area contributed by atoms with E-state index < -0.39 is 5.97 Å². The van der Waals surface area contributed by atoms with E-state index in [0.717, 1.165) is 10.9 Å². The first-order valence-electron chi connectivity index (χ1n) is 7.75. The molecule has 0 amide bonds. The van der Waals surface area contributed by atoms with E-state index in [1.54, 1.807) is 23.6 Å². The summed E-state index contributed by atoms with van der Waals surface area (Å²) in [6, 6.07) is 10.8. The van der Waals surface area contributed by atoms with Crippen LogP contribution >= 0.6 is 39.1 Å². The van der Waals surface area contributed by atoms with Gasteiger partial charge < -0.3 is 9.67 Å². The van der Waals surface area contributed by atoms with Crippen LogP contribution in [0.5, 0.6) is 0 Å². The van der Waals surface area contributed by atoms with Crippen molar-refractivity contribution < 1.29 is 9.90 Å². The first-order chi connectivity index (χ1) is 12.3. The molecule has 0 radical (unpaired) electrons. The maximum atomic E-state index is 12.9. The highest BCUT2D eigenvalue weighted by atomic mass is 79.9. The van der Waals surface area contributed by atoms with Crippen molar-refractivity contribution in [2.45, 2.75) is 19.9 Å². The third-order valence-electron chi connectivity index (χ3n) is 4.25. The molecule has 7 heteroatoms. The molecule has 0 atom stereocenters. The second-order valence-corrected chi connectivity index (χ2v) is 7.56. The second kappa shape index (κ2) is 7.43. The van der Waals surface area contributed by atoms with Crippen LogP contribution in [0.25, 0.3) is 10.9 Å². The quantitative estimate of drug-likeness (QED) is 0.561. The number of aromatic nitrogens is 1. The van der Waals surface area contributed by atoms with Crippen molar-refractivity contribution >= 4 is 56.0 Å². The number of pyridine rings is 1. The van der Waals surface area contributed by atoms with Crippen molar-refractivity contribution in [2.75, 3.05) is 0 Å².